The van der Waals surface area contributed by atoms with Crippen LogP contribution in [0, 0.1) is 19.7 Å². The van der Waals surface area contributed by atoms with Crippen molar-refractivity contribution >= 4 is 21.6 Å². The minimum Gasteiger partial charge on any atom is -0.348 e. The monoisotopic (exact) mass is 392 g/mol. The Morgan fingerprint density at radius 2 is 1.78 bits per heavy atom. The summed E-state index contributed by atoms with van der Waals surface area (Å²) in [5, 5.41) is 2.85. The van der Waals surface area contributed by atoms with E-state index in [4.69, 9.17) is 0 Å². The number of carbonyl (C=O) groups excluding carboxylic acids is 1. The Morgan fingerprint density at radius 1 is 1.11 bits per heavy atom. The van der Waals surface area contributed by atoms with E-state index in [0.29, 0.717) is 0 Å². The third-order valence-corrected chi connectivity index (χ3v) is 5.64. The highest BCUT2D eigenvalue weighted by Gasteiger charge is 2.30. The fourth-order valence-corrected chi connectivity index (χ4v) is 4.31. The number of amides is 1. The molecule has 0 aliphatic heterocycles. The summed E-state index contributed by atoms with van der Waals surface area (Å²) < 4.78 is 39.0. The van der Waals surface area contributed by atoms with E-state index in [0.717, 1.165) is 33.3 Å². The number of hydrogen-bond donors (Lipinski definition) is 1. The van der Waals surface area contributed by atoms with Gasteiger partial charge in [-0.05, 0) is 57.0 Å². The van der Waals surface area contributed by atoms with Gasteiger partial charge in [0.25, 0.3) is 0 Å². The van der Waals surface area contributed by atoms with Gasteiger partial charge in [-0.25, -0.2) is 12.8 Å². The number of rotatable bonds is 6. The molecule has 2 aromatic rings. The minimum absolute atomic E-state index is 0.110. The number of hydrogen-bond acceptors (Lipinski definition) is 3. The van der Waals surface area contributed by atoms with Crippen molar-refractivity contribution < 1.29 is 17.6 Å². The lowest BCUT2D eigenvalue weighted by atomic mass is 10.00. The summed E-state index contributed by atoms with van der Waals surface area (Å²) in [5.41, 5.74) is 3.23. The molecule has 0 aliphatic carbocycles. The average Bonchev–Trinajstić information content (AvgIpc) is 2.53. The van der Waals surface area contributed by atoms with Gasteiger partial charge in [0, 0.05) is 0 Å². The number of carbonyl (C=O) groups is 1. The zero-order valence-electron chi connectivity index (χ0n) is 16.2. The molecule has 1 amide bonds. The first-order valence-electron chi connectivity index (χ1n) is 8.63. The van der Waals surface area contributed by atoms with Gasteiger partial charge in [0.05, 0.1) is 18.0 Å². The number of aryl methyl sites for hydroxylation is 2. The van der Waals surface area contributed by atoms with Crippen LogP contribution in [0.15, 0.2) is 42.5 Å². The van der Waals surface area contributed by atoms with Crippen LogP contribution in [-0.4, -0.2) is 26.6 Å². The third kappa shape index (κ3) is 5.07. The molecule has 0 fully saturated rings. The van der Waals surface area contributed by atoms with Gasteiger partial charge in [0.15, 0.2) is 0 Å². The highest BCUT2D eigenvalue weighted by atomic mass is 32.2. The molecule has 0 aromatic heterocycles. The molecule has 5 nitrogen and oxygen atoms in total. The molecule has 27 heavy (non-hydrogen) atoms. The fourth-order valence-electron chi connectivity index (χ4n) is 3.15. The zero-order chi connectivity index (χ0) is 20.4. The van der Waals surface area contributed by atoms with Crippen LogP contribution < -0.4 is 9.62 Å². The van der Waals surface area contributed by atoms with Crippen molar-refractivity contribution in [3.63, 3.8) is 0 Å². The Labute approximate surface area is 160 Å². The number of sulfonamides is 1. The topological polar surface area (TPSA) is 66.5 Å². The van der Waals surface area contributed by atoms with E-state index in [1.54, 1.807) is 0 Å². The third-order valence-electron chi connectivity index (χ3n) is 4.40. The second kappa shape index (κ2) is 8.08. The van der Waals surface area contributed by atoms with Gasteiger partial charge in [0.1, 0.15) is 11.9 Å². The quantitative estimate of drug-likeness (QED) is 0.819. The summed E-state index contributed by atoms with van der Waals surface area (Å²) in [6.45, 7) is 7.28. The molecule has 2 aromatic carbocycles. The van der Waals surface area contributed by atoms with Crippen LogP contribution in [0.1, 0.15) is 36.6 Å². The average molecular weight is 392 g/mol. The van der Waals surface area contributed by atoms with E-state index in [1.165, 1.54) is 25.1 Å². The summed E-state index contributed by atoms with van der Waals surface area (Å²) in [6, 6.07) is 9.79. The predicted octanol–water partition coefficient (Wildman–Crippen LogP) is 3.47. The normalized spacial score (nSPS) is 13.7. The molecule has 0 saturated heterocycles. The molecular weight excluding hydrogens is 367 g/mol. The molecule has 7 heteroatoms. The molecule has 0 unspecified atom stereocenters. The Kier molecular flexibility index (Phi) is 6.26. The molecular formula is C20H25FN2O3S. The second-order valence-corrected chi connectivity index (χ2v) is 8.66. The lowest BCUT2D eigenvalue weighted by Crippen LogP contribution is -2.48. The number of anilines is 1. The second-order valence-electron chi connectivity index (χ2n) is 6.80. The summed E-state index contributed by atoms with van der Waals surface area (Å²) >= 11 is 0. The maximum Gasteiger partial charge on any atom is 0.244 e. The molecule has 0 radical (unpaired) electrons. The van der Waals surface area contributed by atoms with Crippen molar-refractivity contribution in [1.82, 2.24) is 5.32 Å². The first-order chi connectivity index (χ1) is 12.5. The summed E-state index contributed by atoms with van der Waals surface area (Å²) in [5.74, 6) is -1.03. The largest absolute Gasteiger partial charge is 0.348 e. The van der Waals surface area contributed by atoms with Crippen molar-refractivity contribution in [3.05, 3.63) is 65.0 Å². The van der Waals surface area contributed by atoms with Gasteiger partial charge in [-0.3, -0.25) is 9.10 Å². The molecule has 0 aliphatic rings. The van der Waals surface area contributed by atoms with Crippen LogP contribution in [-0.2, 0) is 14.8 Å². The number of nitrogens with zero attached hydrogens (tertiary/aromatic N) is 1. The van der Waals surface area contributed by atoms with Crippen molar-refractivity contribution in [2.45, 2.75) is 39.8 Å². The Bertz CT molecular complexity index is 944. The van der Waals surface area contributed by atoms with Crippen molar-refractivity contribution in [2.24, 2.45) is 0 Å². The number of halogens is 1. The summed E-state index contributed by atoms with van der Waals surface area (Å²) in [7, 11) is -3.79. The van der Waals surface area contributed by atoms with Crippen LogP contribution in [0.4, 0.5) is 10.1 Å². The lowest BCUT2D eigenvalue weighted by molar-refractivity contribution is -0.122. The van der Waals surface area contributed by atoms with Crippen LogP contribution in [0.25, 0.3) is 0 Å². The SMILES string of the molecule is Cc1ccc([C@H](C)NC(=O)[C@H](C)N(c2cccc(F)c2)S(C)(=O)=O)c(C)c1. The van der Waals surface area contributed by atoms with E-state index in [9.17, 15) is 17.6 Å². The maximum absolute atomic E-state index is 13.6. The Balaban J connectivity index is 2.27. The van der Waals surface area contributed by atoms with Crippen LogP contribution >= 0.6 is 0 Å². The lowest BCUT2D eigenvalue weighted by Gasteiger charge is -2.29. The molecule has 1 N–H and O–H groups in total. The van der Waals surface area contributed by atoms with Gasteiger partial charge in [-0.15, -0.1) is 0 Å². The van der Waals surface area contributed by atoms with Gasteiger partial charge in [-0.1, -0.05) is 29.8 Å². The first-order valence-corrected chi connectivity index (χ1v) is 10.5. The van der Waals surface area contributed by atoms with E-state index in [2.05, 4.69) is 5.32 Å². The Hall–Kier alpha value is -2.41. The van der Waals surface area contributed by atoms with Crippen molar-refractivity contribution in [2.75, 3.05) is 10.6 Å². The maximum atomic E-state index is 13.6. The van der Waals surface area contributed by atoms with E-state index < -0.39 is 27.8 Å². The summed E-state index contributed by atoms with van der Waals surface area (Å²) in [6.07, 6.45) is 0.995. The molecule has 0 heterocycles. The highest BCUT2D eigenvalue weighted by molar-refractivity contribution is 7.92. The summed E-state index contributed by atoms with van der Waals surface area (Å²) in [4.78, 5) is 12.7. The van der Waals surface area contributed by atoms with Crippen molar-refractivity contribution in [3.8, 4) is 0 Å². The molecule has 2 atom stereocenters. The molecule has 0 spiro atoms. The van der Waals surface area contributed by atoms with Crippen LogP contribution in [0.3, 0.4) is 0 Å². The van der Waals surface area contributed by atoms with E-state index >= 15 is 0 Å². The number of nitrogens with one attached hydrogen (secondary N) is 1. The number of benzene rings is 2. The minimum atomic E-state index is -3.79. The standard InChI is InChI=1S/C20H25FN2O3S/c1-13-9-10-19(14(2)11-13)15(3)22-20(24)16(4)23(27(5,25)26)18-8-6-7-17(21)12-18/h6-12,15-16H,1-5H3,(H,22,24)/t15-,16-/m0/s1. The van der Waals surface area contributed by atoms with Gasteiger partial charge in [-0.2, -0.15) is 0 Å². The Morgan fingerprint density at radius 3 is 2.33 bits per heavy atom. The molecule has 0 saturated carbocycles. The smallest absolute Gasteiger partial charge is 0.244 e. The molecule has 0 bridgehead atoms. The van der Waals surface area contributed by atoms with E-state index in [1.807, 2.05) is 39.0 Å². The zero-order valence-corrected chi connectivity index (χ0v) is 17.0. The van der Waals surface area contributed by atoms with Gasteiger partial charge < -0.3 is 5.32 Å². The first kappa shape index (κ1) is 20.9. The van der Waals surface area contributed by atoms with Crippen LogP contribution in [0.2, 0.25) is 0 Å². The predicted molar refractivity (Wildman–Crippen MR) is 106 cm³/mol. The van der Waals surface area contributed by atoms with Gasteiger partial charge in [0.2, 0.25) is 15.9 Å². The van der Waals surface area contributed by atoms with Gasteiger partial charge >= 0.3 is 0 Å². The molecule has 146 valence electrons. The van der Waals surface area contributed by atoms with E-state index in [-0.39, 0.29) is 11.7 Å². The fraction of sp³-hybridized carbons (Fsp3) is 0.350. The van der Waals surface area contributed by atoms with Crippen LogP contribution in [0.5, 0.6) is 0 Å². The van der Waals surface area contributed by atoms with Crippen molar-refractivity contribution in [1.29, 1.82) is 0 Å². The highest BCUT2D eigenvalue weighted by Crippen LogP contribution is 2.23. The molecule has 2 rings (SSSR count).